The Labute approximate surface area is 93.0 Å². The van der Waals surface area contributed by atoms with Crippen molar-refractivity contribution >= 4 is 15.8 Å². The molecule has 0 aliphatic heterocycles. The Morgan fingerprint density at radius 2 is 1.88 bits per heavy atom. The molecule has 0 atom stereocenters. The van der Waals surface area contributed by atoms with Crippen molar-refractivity contribution in [1.29, 1.82) is 0 Å². The number of sulfone groups is 1. The predicted molar refractivity (Wildman–Crippen MR) is 55.1 cm³/mol. The zero-order chi connectivity index (χ0) is 12.2. The number of rotatable bonds is 4. The van der Waals surface area contributed by atoms with Crippen molar-refractivity contribution in [2.45, 2.75) is 11.8 Å². The summed E-state index contributed by atoms with van der Waals surface area (Å²) >= 11 is 0. The molecule has 0 aliphatic rings. The third-order valence-electron chi connectivity index (χ3n) is 1.79. The van der Waals surface area contributed by atoms with Crippen LogP contribution in [-0.2, 0) is 19.4 Å². The Morgan fingerprint density at radius 1 is 1.31 bits per heavy atom. The Morgan fingerprint density at radius 3 is 2.38 bits per heavy atom. The predicted octanol–water partition coefficient (Wildman–Crippen LogP) is 1.16. The number of carbonyl (C=O) groups excluding carboxylic acids is 1. The summed E-state index contributed by atoms with van der Waals surface area (Å²) in [6.07, 6.45) is 0. The maximum absolute atomic E-state index is 12.6. The van der Waals surface area contributed by atoms with E-state index in [9.17, 15) is 17.6 Å². The van der Waals surface area contributed by atoms with Gasteiger partial charge in [-0.05, 0) is 31.2 Å². The molecule has 0 fully saturated rings. The molecule has 0 amide bonds. The summed E-state index contributed by atoms with van der Waals surface area (Å²) in [5, 5.41) is 0. The van der Waals surface area contributed by atoms with Crippen molar-refractivity contribution < 1.29 is 22.3 Å². The van der Waals surface area contributed by atoms with Gasteiger partial charge in [0, 0.05) is 0 Å². The van der Waals surface area contributed by atoms with Crippen LogP contribution in [0.1, 0.15) is 6.92 Å². The zero-order valence-corrected chi connectivity index (χ0v) is 9.46. The largest absolute Gasteiger partial charge is 0.465 e. The van der Waals surface area contributed by atoms with E-state index in [1.807, 2.05) is 0 Å². The van der Waals surface area contributed by atoms with E-state index >= 15 is 0 Å². The van der Waals surface area contributed by atoms with Crippen LogP contribution >= 0.6 is 0 Å². The van der Waals surface area contributed by atoms with E-state index in [0.717, 1.165) is 24.3 Å². The summed E-state index contributed by atoms with van der Waals surface area (Å²) in [7, 11) is -3.74. The van der Waals surface area contributed by atoms with Crippen molar-refractivity contribution in [3.8, 4) is 0 Å². The number of hydrogen-bond donors (Lipinski definition) is 0. The van der Waals surface area contributed by atoms with E-state index in [2.05, 4.69) is 4.74 Å². The van der Waals surface area contributed by atoms with Crippen LogP contribution < -0.4 is 0 Å². The van der Waals surface area contributed by atoms with E-state index in [4.69, 9.17) is 0 Å². The van der Waals surface area contributed by atoms with Crippen molar-refractivity contribution in [2.75, 3.05) is 12.4 Å². The normalized spacial score (nSPS) is 11.1. The summed E-state index contributed by atoms with van der Waals surface area (Å²) in [6.45, 7) is 1.71. The first-order valence-corrected chi connectivity index (χ1v) is 6.25. The van der Waals surface area contributed by atoms with Gasteiger partial charge in [-0.3, -0.25) is 4.79 Å². The molecule has 0 spiro atoms. The molecular weight excluding hydrogens is 235 g/mol. The van der Waals surface area contributed by atoms with Gasteiger partial charge in [-0.25, -0.2) is 12.8 Å². The van der Waals surface area contributed by atoms with Gasteiger partial charge in [0.25, 0.3) is 0 Å². The van der Waals surface area contributed by atoms with Crippen LogP contribution in [-0.4, -0.2) is 26.7 Å². The minimum Gasteiger partial charge on any atom is -0.465 e. The Hall–Kier alpha value is -1.43. The topological polar surface area (TPSA) is 60.4 Å². The number of halogens is 1. The monoisotopic (exact) mass is 246 g/mol. The van der Waals surface area contributed by atoms with Gasteiger partial charge in [-0.15, -0.1) is 0 Å². The average Bonchev–Trinajstić information content (AvgIpc) is 2.17. The summed E-state index contributed by atoms with van der Waals surface area (Å²) in [6, 6.07) is 4.28. The maximum Gasteiger partial charge on any atom is 0.321 e. The lowest BCUT2D eigenvalue weighted by Gasteiger charge is -2.03. The minimum atomic E-state index is -3.74. The average molecular weight is 246 g/mol. The van der Waals surface area contributed by atoms with Crippen molar-refractivity contribution in [3.63, 3.8) is 0 Å². The molecule has 0 N–H and O–H groups in total. The highest BCUT2D eigenvalue weighted by Gasteiger charge is 2.19. The van der Waals surface area contributed by atoms with E-state index < -0.39 is 27.4 Å². The first-order valence-electron chi connectivity index (χ1n) is 4.59. The van der Waals surface area contributed by atoms with Gasteiger partial charge in [-0.2, -0.15) is 0 Å². The fraction of sp³-hybridized carbons (Fsp3) is 0.300. The number of hydrogen-bond acceptors (Lipinski definition) is 4. The Bertz CT molecular complexity index is 464. The first kappa shape index (κ1) is 12.6. The molecule has 1 rings (SSSR count). The molecule has 0 saturated carbocycles. The van der Waals surface area contributed by atoms with Crippen LogP contribution in [0.5, 0.6) is 0 Å². The van der Waals surface area contributed by atoms with E-state index in [1.165, 1.54) is 0 Å². The Kier molecular flexibility index (Phi) is 4.00. The van der Waals surface area contributed by atoms with Crippen LogP contribution in [0, 0.1) is 5.82 Å². The smallest absolute Gasteiger partial charge is 0.321 e. The minimum absolute atomic E-state index is 0.0954. The lowest BCUT2D eigenvalue weighted by Crippen LogP contribution is -2.18. The molecule has 1 aromatic rings. The van der Waals surface area contributed by atoms with Gasteiger partial charge >= 0.3 is 5.97 Å². The van der Waals surface area contributed by atoms with Crippen molar-refractivity contribution in [1.82, 2.24) is 0 Å². The molecular formula is C10H11FO4S. The molecule has 0 aliphatic carbocycles. The molecule has 1 aromatic carbocycles. The van der Waals surface area contributed by atoms with Crippen LogP contribution in [0.15, 0.2) is 29.2 Å². The number of carbonyl (C=O) groups is 1. The number of esters is 1. The van der Waals surface area contributed by atoms with Crippen molar-refractivity contribution in [2.24, 2.45) is 0 Å². The van der Waals surface area contributed by atoms with Gasteiger partial charge in [0.15, 0.2) is 15.6 Å². The molecule has 0 radical (unpaired) electrons. The number of benzene rings is 1. The molecule has 6 heteroatoms. The van der Waals surface area contributed by atoms with E-state index in [1.54, 1.807) is 6.92 Å². The van der Waals surface area contributed by atoms with E-state index in [0.29, 0.717) is 0 Å². The second-order valence-electron chi connectivity index (χ2n) is 3.02. The maximum atomic E-state index is 12.6. The highest BCUT2D eigenvalue weighted by molar-refractivity contribution is 7.92. The highest BCUT2D eigenvalue weighted by Crippen LogP contribution is 2.12. The number of ether oxygens (including phenoxy) is 1. The molecule has 4 nitrogen and oxygen atoms in total. The molecule has 0 heterocycles. The van der Waals surface area contributed by atoms with Crippen molar-refractivity contribution in [3.05, 3.63) is 30.1 Å². The molecule has 0 saturated heterocycles. The highest BCUT2D eigenvalue weighted by atomic mass is 32.2. The molecule has 0 aromatic heterocycles. The molecule has 88 valence electrons. The van der Waals surface area contributed by atoms with E-state index in [-0.39, 0.29) is 11.5 Å². The van der Waals surface area contributed by atoms with Crippen LogP contribution in [0.3, 0.4) is 0 Å². The standard InChI is InChI=1S/C10H11FO4S/c1-2-15-10(12)7-16(13,14)9-5-3-8(11)4-6-9/h3-6H,2,7H2,1H3. The quantitative estimate of drug-likeness (QED) is 0.591. The van der Waals surface area contributed by atoms with Gasteiger partial charge in [0.05, 0.1) is 11.5 Å². The summed E-state index contributed by atoms with van der Waals surface area (Å²) in [5.74, 6) is -2.08. The molecule has 16 heavy (non-hydrogen) atoms. The SMILES string of the molecule is CCOC(=O)CS(=O)(=O)c1ccc(F)cc1. The van der Waals surface area contributed by atoms with Gasteiger partial charge < -0.3 is 4.74 Å². The molecule has 0 bridgehead atoms. The lowest BCUT2D eigenvalue weighted by atomic mass is 10.4. The lowest BCUT2D eigenvalue weighted by molar-refractivity contribution is -0.139. The fourth-order valence-electron chi connectivity index (χ4n) is 1.08. The Balaban J connectivity index is 2.86. The second-order valence-corrected chi connectivity index (χ2v) is 5.01. The van der Waals surface area contributed by atoms with Gasteiger partial charge in [0.1, 0.15) is 5.82 Å². The zero-order valence-electron chi connectivity index (χ0n) is 8.64. The first-order chi connectivity index (χ1) is 7.45. The van der Waals surface area contributed by atoms with Crippen LogP contribution in [0.25, 0.3) is 0 Å². The van der Waals surface area contributed by atoms with Crippen LogP contribution in [0.4, 0.5) is 4.39 Å². The summed E-state index contributed by atoms with van der Waals surface area (Å²) in [5.41, 5.74) is 0. The third kappa shape index (κ3) is 3.30. The second kappa shape index (κ2) is 5.07. The van der Waals surface area contributed by atoms with Crippen LogP contribution in [0.2, 0.25) is 0 Å². The molecule has 0 unspecified atom stereocenters. The summed E-state index contributed by atoms with van der Waals surface area (Å²) in [4.78, 5) is 10.9. The third-order valence-corrected chi connectivity index (χ3v) is 3.39. The summed E-state index contributed by atoms with van der Waals surface area (Å²) < 4.78 is 40.3. The van der Waals surface area contributed by atoms with Gasteiger partial charge in [-0.1, -0.05) is 0 Å². The van der Waals surface area contributed by atoms with Gasteiger partial charge in [0.2, 0.25) is 0 Å². The fourth-order valence-corrected chi connectivity index (χ4v) is 2.19.